The van der Waals surface area contributed by atoms with Crippen LogP contribution in [0.2, 0.25) is 15.1 Å². The summed E-state index contributed by atoms with van der Waals surface area (Å²) in [6.07, 6.45) is 0. The Kier molecular flexibility index (Phi) is 6.19. The topological polar surface area (TPSA) is 64.9 Å². The molecular weight excluding hydrogens is 397 g/mol. The third-order valence-electron chi connectivity index (χ3n) is 3.67. The van der Waals surface area contributed by atoms with Crippen LogP contribution < -0.4 is 10.1 Å². The molecule has 1 aromatic heterocycles. The van der Waals surface area contributed by atoms with E-state index in [1.807, 2.05) is 25.1 Å². The highest BCUT2D eigenvalue weighted by Gasteiger charge is 2.09. The number of aryl methyl sites for hydroxylation is 1. The van der Waals surface area contributed by atoms with Crippen LogP contribution in [0.5, 0.6) is 5.75 Å². The lowest BCUT2D eigenvalue weighted by Gasteiger charge is -2.13. The number of benzene rings is 2. The molecule has 1 heterocycles. The average molecular weight is 413 g/mol. The van der Waals surface area contributed by atoms with E-state index in [9.17, 15) is 0 Å². The highest BCUT2D eigenvalue weighted by Crippen LogP contribution is 2.26. The Bertz CT molecular complexity index is 900. The lowest BCUT2D eigenvalue weighted by molar-refractivity contribution is 0.303. The first-order valence-electron chi connectivity index (χ1n) is 7.92. The number of hydrogen-bond donors (Lipinski definition) is 1. The van der Waals surface area contributed by atoms with Crippen molar-refractivity contribution in [2.75, 3.05) is 5.32 Å². The van der Waals surface area contributed by atoms with Crippen LogP contribution in [0.25, 0.3) is 0 Å². The second kappa shape index (κ2) is 8.58. The minimum atomic E-state index is 0.359. The number of aromatic nitrogens is 4. The van der Waals surface area contributed by atoms with E-state index in [1.54, 1.807) is 22.9 Å². The quantitative estimate of drug-likeness (QED) is 0.601. The molecule has 0 radical (unpaired) electrons. The molecule has 6 nitrogen and oxygen atoms in total. The fourth-order valence-electron chi connectivity index (χ4n) is 2.34. The van der Waals surface area contributed by atoms with Crippen molar-refractivity contribution in [2.45, 2.75) is 26.6 Å². The van der Waals surface area contributed by atoms with Crippen molar-refractivity contribution in [1.82, 2.24) is 20.2 Å². The summed E-state index contributed by atoms with van der Waals surface area (Å²) in [6.45, 7) is 3.47. The van der Waals surface area contributed by atoms with Crippen molar-refractivity contribution in [3.05, 3.63) is 62.6 Å². The summed E-state index contributed by atoms with van der Waals surface area (Å²) in [5, 5.41) is 16.3. The number of anilines is 1. The largest absolute Gasteiger partial charge is 0.489 e. The lowest BCUT2D eigenvalue weighted by atomic mass is 10.2. The molecule has 26 heavy (non-hydrogen) atoms. The maximum atomic E-state index is 6.13. The Morgan fingerprint density at radius 3 is 2.69 bits per heavy atom. The van der Waals surface area contributed by atoms with E-state index in [1.165, 1.54) is 0 Å². The van der Waals surface area contributed by atoms with E-state index in [4.69, 9.17) is 39.5 Å². The van der Waals surface area contributed by atoms with Gasteiger partial charge in [-0.2, -0.15) is 0 Å². The van der Waals surface area contributed by atoms with Crippen molar-refractivity contribution in [2.24, 2.45) is 0 Å². The van der Waals surface area contributed by atoms with Crippen LogP contribution >= 0.6 is 34.8 Å². The maximum absolute atomic E-state index is 6.13. The van der Waals surface area contributed by atoms with Gasteiger partial charge in [0.05, 0.1) is 10.0 Å². The fourth-order valence-corrected chi connectivity index (χ4v) is 2.85. The molecular formula is C17H16Cl3N5O. The molecule has 0 aliphatic rings. The Balaban J connectivity index is 1.72. The summed E-state index contributed by atoms with van der Waals surface area (Å²) in [5.74, 6) is 1.30. The molecule has 0 saturated carbocycles. The maximum Gasteiger partial charge on any atom is 0.243 e. The summed E-state index contributed by atoms with van der Waals surface area (Å²) in [6, 6.07) is 10.9. The van der Waals surface area contributed by atoms with Crippen LogP contribution in [0.4, 0.5) is 5.95 Å². The number of nitrogens with zero attached hydrogens (tertiary/aromatic N) is 4. The molecule has 3 aromatic rings. The molecule has 0 fully saturated rings. The Morgan fingerprint density at radius 1 is 1.08 bits per heavy atom. The number of hydrogen-bond acceptors (Lipinski definition) is 5. The van der Waals surface area contributed by atoms with Crippen LogP contribution in [-0.2, 0) is 19.7 Å². The summed E-state index contributed by atoms with van der Waals surface area (Å²) in [7, 11) is 0. The van der Waals surface area contributed by atoms with Crippen molar-refractivity contribution < 1.29 is 4.74 Å². The van der Waals surface area contributed by atoms with Crippen molar-refractivity contribution >= 4 is 40.8 Å². The molecule has 0 amide bonds. The molecule has 1 N–H and O–H groups in total. The van der Waals surface area contributed by atoms with Gasteiger partial charge in [-0.1, -0.05) is 46.0 Å². The predicted octanol–water partition coefficient (Wildman–Crippen LogP) is 4.84. The van der Waals surface area contributed by atoms with Crippen molar-refractivity contribution in [1.29, 1.82) is 0 Å². The van der Waals surface area contributed by atoms with Gasteiger partial charge in [0, 0.05) is 23.7 Å². The van der Waals surface area contributed by atoms with E-state index < -0.39 is 0 Å². The van der Waals surface area contributed by atoms with Gasteiger partial charge in [0.1, 0.15) is 12.4 Å². The standard InChI is InChI=1S/C17H16Cl3N5O/c1-2-25-17(22-23-24-25)21-9-12-8-13(18)4-6-16(12)26-10-11-3-5-14(19)15(20)7-11/h3-8H,2,9-10H2,1H3,(H,21,22,24). The smallest absolute Gasteiger partial charge is 0.243 e. The highest BCUT2D eigenvalue weighted by atomic mass is 35.5. The van der Waals surface area contributed by atoms with Gasteiger partial charge < -0.3 is 10.1 Å². The fraction of sp³-hybridized carbons (Fsp3) is 0.235. The molecule has 9 heteroatoms. The van der Waals surface area contributed by atoms with Gasteiger partial charge in [0.2, 0.25) is 5.95 Å². The number of nitrogens with one attached hydrogen (secondary N) is 1. The van der Waals surface area contributed by atoms with Crippen molar-refractivity contribution in [3.8, 4) is 5.75 Å². The summed E-state index contributed by atoms with van der Waals surface area (Å²) >= 11 is 18.1. The van der Waals surface area contributed by atoms with Gasteiger partial charge in [0.15, 0.2) is 0 Å². The molecule has 0 unspecified atom stereocenters. The van der Waals surface area contributed by atoms with E-state index in [-0.39, 0.29) is 0 Å². The van der Waals surface area contributed by atoms with E-state index in [0.717, 1.165) is 11.1 Å². The molecule has 0 atom stereocenters. The van der Waals surface area contributed by atoms with Crippen LogP contribution in [0.15, 0.2) is 36.4 Å². The molecule has 0 saturated heterocycles. The Labute approximate surface area is 166 Å². The van der Waals surface area contributed by atoms with E-state index in [0.29, 0.717) is 46.5 Å². The molecule has 0 bridgehead atoms. The number of halogens is 3. The molecule has 0 aliphatic heterocycles. The first-order valence-corrected chi connectivity index (χ1v) is 9.05. The first-order chi connectivity index (χ1) is 12.6. The van der Waals surface area contributed by atoms with Gasteiger partial charge in [-0.05, 0) is 53.2 Å². The Hall–Kier alpha value is -2.02. The SMILES string of the molecule is CCn1nnnc1NCc1cc(Cl)ccc1OCc1ccc(Cl)c(Cl)c1. The molecule has 0 aliphatic carbocycles. The summed E-state index contributed by atoms with van der Waals surface area (Å²) < 4.78 is 7.61. The molecule has 0 spiro atoms. The van der Waals surface area contributed by atoms with Crippen LogP contribution in [0, 0.1) is 0 Å². The average Bonchev–Trinajstić information content (AvgIpc) is 3.09. The third-order valence-corrected chi connectivity index (χ3v) is 4.64. The monoisotopic (exact) mass is 411 g/mol. The lowest BCUT2D eigenvalue weighted by Crippen LogP contribution is -2.09. The number of tetrazole rings is 1. The minimum Gasteiger partial charge on any atom is -0.489 e. The molecule has 136 valence electrons. The number of rotatable bonds is 7. The van der Waals surface area contributed by atoms with Gasteiger partial charge in [-0.3, -0.25) is 0 Å². The minimum absolute atomic E-state index is 0.359. The van der Waals surface area contributed by atoms with Crippen LogP contribution in [0.1, 0.15) is 18.1 Å². The zero-order valence-electron chi connectivity index (χ0n) is 13.9. The second-order valence-electron chi connectivity index (χ2n) is 5.46. The van der Waals surface area contributed by atoms with Gasteiger partial charge in [-0.15, -0.1) is 0 Å². The zero-order valence-corrected chi connectivity index (χ0v) is 16.2. The zero-order chi connectivity index (χ0) is 18.5. The van der Waals surface area contributed by atoms with E-state index >= 15 is 0 Å². The first kappa shape index (κ1) is 18.8. The second-order valence-corrected chi connectivity index (χ2v) is 6.71. The predicted molar refractivity (Wildman–Crippen MR) is 103 cm³/mol. The highest BCUT2D eigenvalue weighted by molar-refractivity contribution is 6.42. The third kappa shape index (κ3) is 4.58. The van der Waals surface area contributed by atoms with Gasteiger partial charge in [-0.25, -0.2) is 4.68 Å². The van der Waals surface area contributed by atoms with Gasteiger partial charge in [0.25, 0.3) is 0 Å². The molecule has 3 rings (SSSR count). The van der Waals surface area contributed by atoms with E-state index in [2.05, 4.69) is 20.8 Å². The molecule has 2 aromatic carbocycles. The number of ether oxygens (including phenoxy) is 1. The normalized spacial score (nSPS) is 10.8. The van der Waals surface area contributed by atoms with Crippen molar-refractivity contribution in [3.63, 3.8) is 0 Å². The summed E-state index contributed by atoms with van der Waals surface area (Å²) in [5.41, 5.74) is 1.81. The Morgan fingerprint density at radius 2 is 1.92 bits per heavy atom. The summed E-state index contributed by atoms with van der Waals surface area (Å²) in [4.78, 5) is 0. The van der Waals surface area contributed by atoms with Crippen LogP contribution in [-0.4, -0.2) is 20.2 Å². The van der Waals surface area contributed by atoms with Crippen LogP contribution in [0.3, 0.4) is 0 Å². The van der Waals surface area contributed by atoms with Gasteiger partial charge >= 0.3 is 0 Å².